The topological polar surface area (TPSA) is 63.2 Å². The van der Waals surface area contributed by atoms with Crippen molar-refractivity contribution in [1.29, 1.82) is 0 Å². The van der Waals surface area contributed by atoms with Crippen LogP contribution in [0.5, 0.6) is 0 Å². The minimum Gasteiger partial charge on any atom is -0.376 e. The Hall–Kier alpha value is -1.46. The van der Waals surface area contributed by atoms with Gasteiger partial charge in [-0.2, -0.15) is 0 Å². The molecule has 1 aromatic heterocycles. The van der Waals surface area contributed by atoms with E-state index in [0.717, 1.165) is 31.6 Å². The van der Waals surface area contributed by atoms with Crippen LogP contribution in [0.15, 0.2) is 12.3 Å². The monoisotopic (exact) mass is 289 g/mol. The number of pyridine rings is 1. The molecule has 2 fully saturated rings. The maximum absolute atomic E-state index is 12.2. The molecule has 0 radical (unpaired) electrons. The molecule has 0 aromatic carbocycles. The van der Waals surface area contributed by atoms with E-state index >= 15 is 0 Å². The molecule has 0 bridgehead atoms. The Morgan fingerprint density at radius 2 is 2.38 bits per heavy atom. The molecule has 0 aliphatic carbocycles. The number of nitrogens with zero attached hydrogens (tertiary/aromatic N) is 1. The van der Waals surface area contributed by atoms with Crippen molar-refractivity contribution in [2.24, 2.45) is 0 Å². The van der Waals surface area contributed by atoms with E-state index in [1.807, 2.05) is 13.1 Å². The van der Waals surface area contributed by atoms with Crippen molar-refractivity contribution in [2.45, 2.75) is 51.3 Å². The molecule has 1 amide bonds. The average molecular weight is 289 g/mol. The van der Waals surface area contributed by atoms with Gasteiger partial charge in [0.25, 0.3) is 0 Å². The molecule has 1 aromatic rings. The number of aromatic nitrogens is 1. The predicted octanol–water partition coefficient (Wildman–Crippen LogP) is 0.877. The van der Waals surface area contributed by atoms with Crippen LogP contribution in [0.2, 0.25) is 0 Å². The summed E-state index contributed by atoms with van der Waals surface area (Å²) in [5, 5.41) is 6.37. The largest absolute Gasteiger partial charge is 0.376 e. The SMILES string of the molecule is Cc1cnc(CCNC(=O)[C@@H]2C[C@@H]3OCC[C@@H]3N2)c(C)c1. The number of amides is 1. The summed E-state index contributed by atoms with van der Waals surface area (Å²) in [6, 6.07) is 2.38. The highest BCUT2D eigenvalue weighted by Crippen LogP contribution is 2.24. The first-order valence-electron chi connectivity index (χ1n) is 7.71. The van der Waals surface area contributed by atoms with Crippen LogP contribution < -0.4 is 10.6 Å². The third-order valence-corrected chi connectivity index (χ3v) is 4.39. The van der Waals surface area contributed by atoms with Gasteiger partial charge in [-0.05, 0) is 37.8 Å². The molecule has 114 valence electrons. The van der Waals surface area contributed by atoms with Gasteiger partial charge in [0, 0.05) is 37.5 Å². The highest BCUT2D eigenvalue weighted by atomic mass is 16.5. The third kappa shape index (κ3) is 3.24. The van der Waals surface area contributed by atoms with Crippen molar-refractivity contribution in [3.8, 4) is 0 Å². The number of aryl methyl sites for hydroxylation is 2. The van der Waals surface area contributed by atoms with Crippen LogP contribution in [0.25, 0.3) is 0 Å². The lowest BCUT2D eigenvalue weighted by atomic mass is 10.1. The molecule has 2 saturated heterocycles. The maximum atomic E-state index is 12.2. The van der Waals surface area contributed by atoms with Crippen LogP contribution in [-0.4, -0.2) is 42.2 Å². The van der Waals surface area contributed by atoms with Crippen LogP contribution in [-0.2, 0) is 16.0 Å². The fraction of sp³-hybridized carbons (Fsp3) is 0.625. The second kappa shape index (κ2) is 6.12. The zero-order valence-corrected chi connectivity index (χ0v) is 12.7. The smallest absolute Gasteiger partial charge is 0.237 e. The van der Waals surface area contributed by atoms with E-state index in [4.69, 9.17) is 4.74 Å². The maximum Gasteiger partial charge on any atom is 0.237 e. The fourth-order valence-corrected chi connectivity index (χ4v) is 3.25. The van der Waals surface area contributed by atoms with Crippen molar-refractivity contribution in [1.82, 2.24) is 15.6 Å². The van der Waals surface area contributed by atoms with Crippen molar-refractivity contribution in [2.75, 3.05) is 13.2 Å². The first-order valence-corrected chi connectivity index (χ1v) is 7.71. The number of hydrogen-bond acceptors (Lipinski definition) is 4. The minimum absolute atomic E-state index is 0.0813. The number of nitrogens with one attached hydrogen (secondary N) is 2. The van der Waals surface area contributed by atoms with E-state index in [9.17, 15) is 4.79 Å². The molecule has 5 nitrogen and oxygen atoms in total. The number of carbonyl (C=O) groups is 1. The molecule has 21 heavy (non-hydrogen) atoms. The minimum atomic E-state index is -0.104. The summed E-state index contributed by atoms with van der Waals surface area (Å²) in [5.74, 6) is 0.0813. The summed E-state index contributed by atoms with van der Waals surface area (Å²) in [6.07, 6.45) is 4.68. The highest BCUT2D eigenvalue weighted by Gasteiger charge is 2.40. The quantitative estimate of drug-likeness (QED) is 0.863. The van der Waals surface area contributed by atoms with Crippen LogP contribution in [0.3, 0.4) is 0 Å². The van der Waals surface area contributed by atoms with Crippen molar-refractivity contribution in [3.05, 3.63) is 29.1 Å². The van der Waals surface area contributed by atoms with Gasteiger partial charge in [-0.25, -0.2) is 0 Å². The van der Waals surface area contributed by atoms with Gasteiger partial charge in [0.1, 0.15) is 0 Å². The van der Waals surface area contributed by atoms with Gasteiger partial charge in [-0.15, -0.1) is 0 Å². The zero-order valence-electron chi connectivity index (χ0n) is 12.7. The lowest BCUT2D eigenvalue weighted by Gasteiger charge is -2.13. The molecule has 0 saturated carbocycles. The van der Waals surface area contributed by atoms with Crippen LogP contribution in [0.1, 0.15) is 29.7 Å². The molecule has 3 heterocycles. The Morgan fingerprint density at radius 3 is 3.14 bits per heavy atom. The summed E-state index contributed by atoms with van der Waals surface area (Å²) in [4.78, 5) is 16.6. The first kappa shape index (κ1) is 14.5. The number of ether oxygens (including phenoxy) is 1. The summed E-state index contributed by atoms with van der Waals surface area (Å²) >= 11 is 0. The number of fused-ring (bicyclic) bond motifs is 1. The molecular formula is C16H23N3O2. The fourth-order valence-electron chi connectivity index (χ4n) is 3.25. The lowest BCUT2D eigenvalue weighted by molar-refractivity contribution is -0.123. The second-order valence-electron chi connectivity index (χ2n) is 6.08. The molecule has 2 N–H and O–H groups in total. The molecule has 2 aliphatic heterocycles. The Morgan fingerprint density at radius 1 is 1.52 bits per heavy atom. The Kier molecular flexibility index (Phi) is 4.22. The highest BCUT2D eigenvalue weighted by molar-refractivity contribution is 5.82. The van der Waals surface area contributed by atoms with Crippen molar-refractivity contribution in [3.63, 3.8) is 0 Å². The van der Waals surface area contributed by atoms with Gasteiger partial charge in [-0.1, -0.05) is 6.07 Å². The van der Waals surface area contributed by atoms with Crippen LogP contribution >= 0.6 is 0 Å². The molecule has 3 rings (SSSR count). The van der Waals surface area contributed by atoms with Gasteiger partial charge < -0.3 is 15.4 Å². The van der Waals surface area contributed by atoms with Crippen LogP contribution in [0, 0.1) is 13.8 Å². The second-order valence-corrected chi connectivity index (χ2v) is 6.08. The third-order valence-electron chi connectivity index (χ3n) is 4.39. The lowest BCUT2D eigenvalue weighted by Crippen LogP contribution is -2.43. The Balaban J connectivity index is 1.46. The van der Waals surface area contributed by atoms with Gasteiger partial charge in [0.05, 0.1) is 12.1 Å². The van der Waals surface area contributed by atoms with E-state index in [-0.39, 0.29) is 18.1 Å². The molecule has 0 spiro atoms. The Bertz CT molecular complexity index is 520. The van der Waals surface area contributed by atoms with E-state index < -0.39 is 0 Å². The molecule has 0 unspecified atom stereocenters. The molecule has 5 heteroatoms. The molecule has 3 atom stereocenters. The number of rotatable bonds is 4. The number of hydrogen-bond donors (Lipinski definition) is 2. The summed E-state index contributed by atoms with van der Waals surface area (Å²) in [7, 11) is 0. The average Bonchev–Trinajstić information content (AvgIpc) is 3.02. The molecule has 2 aliphatic rings. The van der Waals surface area contributed by atoms with Gasteiger partial charge in [0.2, 0.25) is 5.91 Å². The van der Waals surface area contributed by atoms with Gasteiger partial charge in [0.15, 0.2) is 0 Å². The summed E-state index contributed by atoms with van der Waals surface area (Å²) in [5.41, 5.74) is 3.41. The normalized spacial score (nSPS) is 27.6. The summed E-state index contributed by atoms with van der Waals surface area (Å²) < 4.78 is 5.61. The van der Waals surface area contributed by atoms with E-state index in [0.29, 0.717) is 12.6 Å². The van der Waals surface area contributed by atoms with Crippen molar-refractivity contribution >= 4 is 5.91 Å². The number of carbonyl (C=O) groups excluding carboxylic acids is 1. The molecular weight excluding hydrogens is 266 g/mol. The van der Waals surface area contributed by atoms with E-state index in [1.165, 1.54) is 11.1 Å². The first-order chi connectivity index (χ1) is 10.1. The summed E-state index contributed by atoms with van der Waals surface area (Å²) in [6.45, 7) is 5.55. The van der Waals surface area contributed by atoms with Gasteiger partial charge >= 0.3 is 0 Å². The predicted molar refractivity (Wildman–Crippen MR) is 80.1 cm³/mol. The zero-order chi connectivity index (χ0) is 14.8. The standard InChI is InChI=1S/C16H23N3O2/c1-10-7-11(2)12(18-9-10)3-5-17-16(20)14-8-15-13(19-14)4-6-21-15/h7,9,13-15,19H,3-6,8H2,1-2H3,(H,17,20)/t13-,14-,15-/m0/s1. The van der Waals surface area contributed by atoms with E-state index in [2.05, 4.69) is 28.6 Å². The van der Waals surface area contributed by atoms with E-state index in [1.54, 1.807) is 0 Å². The Labute approximate surface area is 125 Å². The van der Waals surface area contributed by atoms with Crippen molar-refractivity contribution < 1.29 is 9.53 Å². The van der Waals surface area contributed by atoms with Crippen LogP contribution in [0.4, 0.5) is 0 Å². The van der Waals surface area contributed by atoms with Gasteiger partial charge in [-0.3, -0.25) is 9.78 Å².